The summed E-state index contributed by atoms with van der Waals surface area (Å²) >= 11 is 7.33. The van der Waals surface area contributed by atoms with Gasteiger partial charge in [0.1, 0.15) is 5.82 Å². The van der Waals surface area contributed by atoms with Crippen LogP contribution in [0.5, 0.6) is 0 Å². The standard InChI is InChI=1S/C20H16ClF3N4O3S/c21-15-10-13(20(22,23)24)11-25-18(15)26-4-1-5-27(7-6-26)19(29)17-9-12-8-14(28(30)31)2-3-16(12)32-17/h2-3,8-11H,1,4-7H2. The topological polar surface area (TPSA) is 79.6 Å². The van der Waals surface area contributed by atoms with Crippen molar-refractivity contribution in [1.82, 2.24) is 9.88 Å². The van der Waals surface area contributed by atoms with Gasteiger partial charge in [0.2, 0.25) is 0 Å². The average molecular weight is 485 g/mol. The maximum atomic E-state index is 13.0. The van der Waals surface area contributed by atoms with Crippen LogP contribution >= 0.6 is 22.9 Å². The molecule has 4 rings (SSSR count). The molecule has 1 aromatic carbocycles. The van der Waals surface area contributed by atoms with Crippen LogP contribution in [0.1, 0.15) is 21.7 Å². The molecule has 2 aromatic heterocycles. The third-order valence-corrected chi connectivity index (χ3v) is 6.54. The summed E-state index contributed by atoms with van der Waals surface area (Å²) in [6.45, 7) is 1.65. The summed E-state index contributed by atoms with van der Waals surface area (Å²) in [5.74, 6) is 0.0605. The third kappa shape index (κ3) is 4.49. The SMILES string of the molecule is O=C(c1cc2cc([N+](=O)[O-])ccc2s1)N1CCCN(c2ncc(C(F)(F)F)cc2Cl)CC1. The van der Waals surface area contributed by atoms with Crippen LogP contribution < -0.4 is 4.90 Å². The predicted molar refractivity (Wildman–Crippen MR) is 115 cm³/mol. The number of amides is 1. The van der Waals surface area contributed by atoms with Crippen LogP contribution in [0.3, 0.4) is 0 Å². The zero-order chi connectivity index (χ0) is 23.0. The number of non-ortho nitro benzene ring substituents is 1. The number of pyridine rings is 1. The van der Waals surface area contributed by atoms with E-state index in [1.54, 1.807) is 21.9 Å². The van der Waals surface area contributed by atoms with Crippen molar-refractivity contribution in [2.45, 2.75) is 12.6 Å². The first-order valence-electron chi connectivity index (χ1n) is 9.58. The van der Waals surface area contributed by atoms with Crippen LogP contribution in [-0.4, -0.2) is 46.9 Å². The number of hydrogen-bond donors (Lipinski definition) is 0. The van der Waals surface area contributed by atoms with Crippen molar-refractivity contribution < 1.29 is 22.9 Å². The van der Waals surface area contributed by atoms with Gasteiger partial charge in [-0.05, 0) is 24.6 Å². The highest BCUT2D eigenvalue weighted by Crippen LogP contribution is 2.34. The number of halogens is 4. The highest BCUT2D eigenvalue weighted by Gasteiger charge is 2.32. The average Bonchev–Trinajstić information content (AvgIpc) is 3.01. The van der Waals surface area contributed by atoms with Gasteiger partial charge in [0.05, 0.1) is 20.4 Å². The van der Waals surface area contributed by atoms with Gasteiger partial charge in [0, 0.05) is 54.6 Å². The second kappa shape index (κ2) is 8.55. The molecule has 168 valence electrons. The largest absolute Gasteiger partial charge is 0.417 e. The molecule has 0 saturated carbocycles. The fraction of sp³-hybridized carbons (Fsp3) is 0.300. The Bertz CT molecular complexity index is 1200. The lowest BCUT2D eigenvalue weighted by Crippen LogP contribution is -2.35. The van der Waals surface area contributed by atoms with Gasteiger partial charge < -0.3 is 9.80 Å². The summed E-state index contributed by atoms with van der Waals surface area (Å²) in [5.41, 5.74) is -0.955. The van der Waals surface area contributed by atoms with Gasteiger partial charge in [-0.3, -0.25) is 14.9 Å². The Kier molecular flexibility index (Phi) is 5.95. The molecule has 1 amide bonds. The fourth-order valence-corrected chi connectivity index (χ4v) is 4.85. The number of aromatic nitrogens is 1. The Morgan fingerprint density at radius 2 is 1.94 bits per heavy atom. The Balaban J connectivity index is 1.49. The molecule has 1 saturated heterocycles. The molecule has 3 aromatic rings. The van der Waals surface area contributed by atoms with Crippen molar-refractivity contribution in [3.05, 3.63) is 62.1 Å². The highest BCUT2D eigenvalue weighted by atomic mass is 35.5. The number of thiophene rings is 1. The summed E-state index contributed by atoms with van der Waals surface area (Å²) in [6.07, 6.45) is -3.19. The molecule has 0 aliphatic carbocycles. The number of nitro benzene ring substituents is 1. The molecule has 0 radical (unpaired) electrons. The fourth-order valence-electron chi connectivity index (χ4n) is 3.56. The predicted octanol–water partition coefficient (Wildman–Crippen LogP) is 5.23. The van der Waals surface area contributed by atoms with Crippen molar-refractivity contribution in [3.63, 3.8) is 0 Å². The molecule has 0 spiro atoms. The maximum absolute atomic E-state index is 13.0. The number of rotatable bonds is 3. The van der Waals surface area contributed by atoms with E-state index in [0.717, 1.165) is 17.0 Å². The lowest BCUT2D eigenvalue weighted by molar-refractivity contribution is -0.384. The molecule has 0 unspecified atom stereocenters. The Hall–Kier alpha value is -2.92. The van der Waals surface area contributed by atoms with Gasteiger partial charge in [0.25, 0.3) is 11.6 Å². The van der Waals surface area contributed by atoms with Crippen LogP contribution in [0.15, 0.2) is 36.5 Å². The van der Waals surface area contributed by atoms with E-state index in [1.165, 1.54) is 23.5 Å². The number of hydrogen-bond acceptors (Lipinski definition) is 6. The molecule has 0 N–H and O–H groups in total. The molecule has 1 fully saturated rings. The zero-order valence-corrected chi connectivity index (χ0v) is 18.0. The van der Waals surface area contributed by atoms with Gasteiger partial charge in [-0.1, -0.05) is 11.6 Å². The molecule has 1 aliphatic heterocycles. The van der Waals surface area contributed by atoms with Gasteiger partial charge in [-0.25, -0.2) is 4.98 Å². The number of nitrogens with zero attached hydrogens (tertiary/aromatic N) is 4. The van der Waals surface area contributed by atoms with Crippen LogP contribution in [0, 0.1) is 10.1 Å². The molecule has 32 heavy (non-hydrogen) atoms. The first-order valence-corrected chi connectivity index (χ1v) is 10.8. The van der Waals surface area contributed by atoms with Crippen molar-refractivity contribution in [2.24, 2.45) is 0 Å². The molecular weight excluding hydrogens is 469 g/mol. The monoisotopic (exact) mass is 484 g/mol. The number of fused-ring (bicyclic) bond motifs is 1. The zero-order valence-electron chi connectivity index (χ0n) is 16.4. The van der Waals surface area contributed by atoms with E-state index in [1.807, 2.05) is 0 Å². The quantitative estimate of drug-likeness (QED) is 0.376. The van der Waals surface area contributed by atoms with Crippen LogP contribution in [-0.2, 0) is 6.18 Å². The summed E-state index contributed by atoms with van der Waals surface area (Å²) in [5, 5.41) is 11.5. The number of carbonyl (C=O) groups is 1. The second-order valence-electron chi connectivity index (χ2n) is 7.25. The lowest BCUT2D eigenvalue weighted by atomic mass is 10.2. The Morgan fingerprint density at radius 3 is 2.62 bits per heavy atom. The van der Waals surface area contributed by atoms with Crippen molar-refractivity contribution in [2.75, 3.05) is 31.1 Å². The number of nitro groups is 1. The summed E-state index contributed by atoms with van der Waals surface area (Å²) in [6, 6.07) is 6.96. The minimum absolute atomic E-state index is 0.0411. The van der Waals surface area contributed by atoms with Crippen LogP contribution in [0.2, 0.25) is 5.02 Å². The summed E-state index contributed by atoms with van der Waals surface area (Å²) in [7, 11) is 0. The van der Waals surface area contributed by atoms with Gasteiger partial charge in [-0.2, -0.15) is 13.2 Å². The van der Waals surface area contributed by atoms with E-state index in [2.05, 4.69) is 4.98 Å². The van der Waals surface area contributed by atoms with E-state index in [-0.39, 0.29) is 22.4 Å². The van der Waals surface area contributed by atoms with E-state index >= 15 is 0 Å². The molecule has 7 nitrogen and oxygen atoms in total. The van der Waals surface area contributed by atoms with Crippen molar-refractivity contribution in [3.8, 4) is 0 Å². The maximum Gasteiger partial charge on any atom is 0.417 e. The van der Waals surface area contributed by atoms with Gasteiger partial charge >= 0.3 is 6.18 Å². The van der Waals surface area contributed by atoms with E-state index in [4.69, 9.17) is 11.6 Å². The third-order valence-electron chi connectivity index (χ3n) is 5.15. The molecule has 1 aliphatic rings. The molecule has 12 heteroatoms. The van der Waals surface area contributed by atoms with E-state index in [9.17, 15) is 28.1 Å². The van der Waals surface area contributed by atoms with Crippen molar-refractivity contribution >= 4 is 50.4 Å². The first kappa shape index (κ1) is 22.3. The minimum Gasteiger partial charge on any atom is -0.354 e. The molecule has 3 heterocycles. The van der Waals surface area contributed by atoms with Crippen LogP contribution in [0.4, 0.5) is 24.7 Å². The molecule has 0 bridgehead atoms. The number of carbonyl (C=O) groups excluding carboxylic acids is 1. The normalized spacial score (nSPS) is 15.1. The smallest absolute Gasteiger partial charge is 0.354 e. The Morgan fingerprint density at radius 1 is 1.16 bits per heavy atom. The molecular formula is C20H16ClF3N4O3S. The van der Waals surface area contributed by atoms with E-state index in [0.29, 0.717) is 42.9 Å². The highest BCUT2D eigenvalue weighted by molar-refractivity contribution is 7.20. The van der Waals surface area contributed by atoms with Gasteiger partial charge in [-0.15, -0.1) is 11.3 Å². The Labute approximate surface area is 189 Å². The first-order chi connectivity index (χ1) is 15.1. The number of anilines is 1. The minimum atomic E-state index is -4.53. The molecule has 0 atom stereocenters. The number of benzene rings is 1. The lowest BCUT2D eigenvalue weighted by Gasteiger charge is -2.23. The van der Waals surface area contributed by atoms with Gasteiger partial charge in [0.15, 0.2) is 0 Å². The second-order valence-corrected chi connectivity index (χ2v) is 8.74. The van der Waals surface area contributed by atoms with E-state index < -0.39 is 16.7 Å². The summed E-state index contributed by atoms with van der Waals surface area (Å²) in [4.78, 5) is 31.3. The van der Waals surface area contributed by atoms with Crippen molar-refractivity contribution in [1.29, 1.82) is 0 Å². The summed E-state index contributed by atoms with van der Waals surface area (Å²) < 4.78 is 39.3. The number of alkyl halides is 3. The van der Waals surface area contributed by atoms with Crippen LogP contribution in [0.25, 0.3) is 10.1 Å².